The van der Waals surface area contributed by atoms with Crippen molar-refractivity contribution in [1.82, 2.24) is 10.2 Å². The van der Waals surface area contributed by atoms with Crippen LogP contribution in [0.1, 0.15) is 25.7 Å². The first-order chi connectivity index (χ1) is 6.74. The molecule has 0 aliphatic carbocycles. The molecule has 1 unspecified atom stereocenters. The van der Waals surface area contributed by atoms with E-state index >= 15 is 0 Å². The second-order valence-electron chi connectivity index (χ2n) is 3.72. The molecule has 1 atom stereocenters. The van der Waals surface area contributed by atoms with Crippen LogP contribution in [0.5, 0.6) is 0 Å². The molecule has 1 fully saturated rings. The highest BCUT2D eigenvalue weighted by atomic mass is 16.2. The van der Waals surface area contributed by atoms with E-state index in [-0.39, 0.29) is 5.91 Å². The number of carbonyl (C=O) groups is 1. The van der Waals surface area contributed by atoms with Gasteiger partial charge in [0.25, 0.3) is 0 Å². The van der Waals surface area contributed by atoms with Crippen molar-refractivity contribution in [2.45, 2.75) is 31.7 Å². The molecule has 0 saturated carbocycles. The number of carbonyl (C=O) groups excluding carboxylic acids is 1. The summed E-state index contributed by atoms with van der Waals surface area (Å²) in [6.45, 7) is 1.57. The molecule has 1 aliphatic heterocycles. The van der Waals surface area contributed by atoms with Gasteiger partial charge in [-0.1, -0.05) is 0 Å². The molecule has 1 rings (SSSR count). The molecule has 14 heavy (non-hydrogen) atoms. The molecule has 1 saturated heterocycles. The summed E-state index contributed by atoms with van der Waals surface area (Å²) in [5.41, 5.74) is 0. The van der Waals surface area contributed by atoms with Crippen LogP contribution in [0.4, 0.5) is 0 Å². The smallest absolute Gasteiger partial charge is 0.223 e. The average Bonchev–Trinajstić information content (AvgIpc) is 2.66. The van der Waals surface area contributed by atoms with Crippen molar-refractivity contribution in [1.29, 1.82) is 5.26 Å². The summed E-state index contributed by atoms with van der Waals surface area (Å²) in [5, 5.41) is 11.7. The van der Waals surface area contributed by atoms with Gasteiger partial charge in [-0.3, -0.25) is 4.79 Å². The summed E-state index contributed by atoms with van der Waals surface area (Å²) in [5.74, 6) is 0.139. The van der Waals surface area contributed by atoms with Gasteiger partial charge in [0.1, 0.15) is 0 Å². The van der Waals surface area contributed by atoms with E-state index in [0.717, 1.165) is 13.0 Å². The zero-order valence-corrected chi connectivity index (χ0v) is 8.62. The number of rotatable bonds is 4. The van der Waals surface area contributed by atoms with Gasteiger partial charge < -0.3 is 10.2 Å². The SMILES string of the molecule is CN(CCC#N)C(=O)CC1CCCN1. The second-order valence-corrected chi connectivity index (χ2v) is 3.72. The molecular weight excluding hydrogens is 178 g/mol. The molecule has 0 aromatic carbocycles. The Morgan fingerprint density at radius 1 is 1.71 bits per heavy atom. The Morgan fingerprint density at radius 2 is 2.50 bits per heavy atom. The quantitative estimate of drug-likeness (QED) is 0.710. The molecule has 4 heteroatoms. The fourth-order valence-corrected chi connectivity index (χ4v) is 1.64. The molecule has 0 aromatic rings. The first-order valence-electron chi connectivity index (χ1n) is 5.08. The summed E-state index contributed by atoms with van der Waals surface area (Å²) in [7, 11) is 1.76. The lowest BCUT2D eigenvalue weighted by molar-refractivity contribution is -0.130. The molecule has 0 spiro atoms. The minimum Gasteiger partial charge on any atom is -0.345 e. The Hall–Kier alpha value is -1.08. The lowest BCUT2D eigenvalue weighted by Crippen LogP contribution is -2.33. The second kappa shape index (κ2) is 5.61. The van der Waals surface area contributed by atoms with Gasteiger partial charge in [-0.25, -0.2) is 0 Å². The Kier molecular flexibility index (Phi) is 4.41. The largest absolute Gasteiger partial charge is 0.345 e. The summed E-state index contributed by atoms with van der Waals surface area (Å²) < 4.78 is 0. The van der Waals surface area contributed by atoms with Crippen LogP contribution in [-0.2, 0) is 4.79 Å². The predicted octanol–water partition coefficient (Wildman–Crippen LogP) is 0.501. The van der Waals surface area contributed by atoms with Crippen LogP contribution in [0.25, 0.3) is 0 Å². The zero-order chi connectivity index (χ0) is 10.4. The maximum absolute atomic E-state index is 11.6. The summed E-state index contributed by atoms with van der Waals surface area (Å²) in [6.07, 6.45) is 3.25. The molecule has 0 bridgehead atoms. The summed E-state index contributed by atoms with van der Waals surface area (Å²) in [4.78, 5) is 13.2. The minimum absolute atomic E-state index is 0.139. The number of nitriles is 1. The third-order valence-electron chi connectivity index (χ3n) is 2.57. The van der Waals surface area contributed by atoms with Crippen LogP contribution in [0, 0.1) is 11.3 Å². The molecule has 1 N–H and O–H groups in total. The van der Waals surface area contributed by atoms with Crippen molar-refractivity contribution in [3.05, 3.63) is 0 Å². The molecule has 1 heterocycles. The van der Waals surface area contributed by atoms with Crippen LogP contribution >= 0.6 is 0 Å². The molecule has 1 amide bonds. The van der Waals surface area contributed by atoms with Crippen molar-refractivity contribution < 1.29 is 4.79 Å². The van der Waals surface area contributed by atoms with Crippen LogP contribution < -0.4 is 5.32 Å². The molecule has 78 valence electrons. The number of hydrogen-bond donors (Lipinski definition) is 1. The molecule has 1 aliphatic rings. The van der Waals surface area contributed by atoms with Crippen molar-refractivity contribution in [3.8, 4) is 6.07 Å². The lowest BCUT2D eigenvalue weighted by atomic mass is 10.1. The van der Waals surface area contributed by atoms with Gasteiger partial charge in [-0.05, 0) is 19.4 Å². The topological polar surface area (TPSA) is 56.1 Å². The van der Waals surface area contributed by atoms with Gasteiger partial charge in [0.15, 0.2) is 0 Å². The Labute approximate surface area is 84.9 Å². The van der Waals surface area contributed by atoms with Gasteiger partial charge in [0, 0.05) is 26.1 Å². The van der Waals surface area contributed by atoms with Gasteiger partial charge in [0.2, 0.25) is 5.91 Å². The number of nitrogens with zero attached hydrogens (tertiary/aromatic N) is 2. The maximum Gasteiger partial charge on any atom is 0.223 e. The Morgan fingerprint density at radius 3 is 3.07 bits per heavy atom. The highest BCUT2D eigenvalue weighted by molar-refractivity contribution is 5.76. The number of amides is 1. The Bertz CT molecular complexity index is 228. The highest BCUT2D eigenvalue weighted by Crippen LogP contribution is 2.09. The van der Waals surface area contributed by atoms with E-state index in [2.05, 4.69) is 5.32 Å². The van der Waals surface area contributed by atoms with Gasteiger partial charge in [-0.15, -0.1) is 0 Å². The van der Waals surface area contributed by atoms with Gasteiger partial charge in [-0.2, -0.15) is 5.26 Å². The van der Waals surface area contributed by atoms with E-state index in [4.69, 9.17) is 5.26 Å². The first-order valence-corrected chi connectivity index (χ1v) is 5.08. The van der Waals surface area contributed by atoms with Crippen LogP contribution in [0.3, 0.4) is 0 Å². The normalized spacial score (nSPS) is 20.4. The third kappa shape index (κ3) is 3.35. The monoisotopic (exact) mass is 195 g/mol. The molecular formula is C10H17N3O. The van der Waals surface area contributed by atoms with E-state index < -0.39 is 0 Å². The van der Waals surface area contributed by atoms with Crippen molar-refractivity contribution in [2.75, 3.05) is 20.1 Å². The maximum atomic E-state index is 11.6. The van der Waals surface area contributed by atoms with E-state index in [1.165, 1.54) is 6.42 Å². The van der Waals surface area contributed by atoms with Crippen molar-refractivity contribution >= 4 is 5.91 Å². The number of hydrogen-bond acceptors (Lipinski definition) is 3. The summed E-state index contributed by atoms with van der Waals surface area (Å²) >= 11 is 0. The van der Waals surface area contributed by atoms with Crippen LogP contribution in [-0.4, -0.2) is 37.0 Å². The molecule has 0 radical (unpaired) electrons. The molecule has 0 aromatic heterocycles. The third-order valence-corrected chi connectivity index (χ3v) is 2.57. The van der Waals surface area contributed by atoms with Crippen LogP contribution in [0.15, 0.2) is 0 Å². The minimum atomic E-state index is 0.139. The first kappa shape index (κ1) is 11.0. The Balaban J connectivity index is 2.22. The van der Waals surface area contributed by atoms with E-state index in [1.54, 1.807) is 11.9 Å². The highest BCUT2D eigenvalue weighted by Gasteiger charge is 2.19. The number of nitrogens with one attached hydrogen (secondary N) is 1. The lowest BCUT2D eigenvalue weighted by Gasteiger charge is -2.17. The predicted molar refractivity (Wildman–Crippen MR) is 53.5 cm³/mol. The van der Waals surface area contributed by atoms with E-state index in [0.29, 0.717) is 25.4 Å². The fraction of sp³-hybridized carbons (Fsp3) is 0.800. The van der Waals surface area contributed by atoms with Crippen LogP contribution in [0.2, 0.25) is 0 Å². The zero-order valence-electron chi connectivity index (χ0n) is 8.62. The van der Waals surface area contributed by atoms with Crippen molar-refractivity contribution in [3.63, 3.8) is 0 Å². The standard InChI is InChI=1S/C10H17N3O/c1-13(7-3-5-11)10(14)8-9-4-2-6-12-9/h9,12H,2-4,6-8H2,1H3. The fourth-order valence-electron chi connectivity index (χ4n) is 1.64. The molecule has 4 nitrogen and oxygen atoms in total. The van der Waals surface area contributed by atoms with Crippen molar-refractivity contribution in [2.24, 2.45) is 0 Å². The summed E-state index contributed by atoms with van der Waals surface area (Å²) in [6, 6.07) is 2.39. The average molecular weight is 195 g/mol. The van der Waals surface area contributed by atoms with Gasteiger partial charge >= 0.3 is 0 Å². The van der Waals surface area contributed by atoms with E-state index in [1.807, 2.05) is 6.07 Å². The van der Waals surface area contributed by atoms with Gasteiger partial charge in [0.05, 0.1) is 12.5 Å². The van der Waals surface area contributed by atoms with E-state index in [9.17, 15) is 4.79 Å².